The third-order valence-corrected chi connectivity index (χ3v) is 2.28. The fourth-order valence-electron chi connectivity index (χ4n) is 1.30. The molecule has 5 nitrogen and oxygen atoms in total. The summed E-state index contributed by atoms with van der Waals surface area (Å²) in [5.41, 5.74) is 0. The van der Waals surface area contributed by atoms with E-state index in [1.54, 1.807) is 6.92 Å². The third-order valence-electron chi connectivity index (χ3n) is 2.28. The minimum atomic E-state index is -0.571. The summed E-state index contributed by atoms with van der Waals surface area (Å²) < 4.78 is 10.2. The quantitative estimate of drug-likeness (QED) is 0.461. The van der Waals surface area contributed by atoms with Crippen molar-refractivity contribution in [2.75, 3.05) is 13.2 Å². The molecule has 0 amide bonds. The van der Waals surface area contributed by atoms with Gasteiger partial charge in [0.15, 0.2) is 0 Å². The number of aliphatic hydroxyl groups is 2. The Morgan fingerprint density at radius 3 is 2.65 bits per heavy atom. The van der Waals surface area contributed by atoms with Crippen LogP contribution in [0.25, 0.3) is 0 Å². The van der Waals surface area contributed by atoms with Gasteiger partial charge in [-0.2, -0.15) is 0 Å². The Hall–Kier alpha value is -0.910. The van der Waals surface area contributed by atoms with Gasteiger partial charge >= 0.3 is 5.97 Å². The molecule has 0 fully saturated rings. The number of carbonyl (C=O) groups is 1. The van der Waals surface area contributed by atoms with Gasteiger partial charge in [-0.15, -0.1) is 0 Å². The SMILES string of the molecule is C=CC(=O)OCC(CO)OC(C)CC(O)CC. The standard InChI is InChI=1S/C12H22O5/c1-4-10(14)6-9(3)17-11(7-13)8-16-12(15)5-2/h5,9-11,13-14H,2,4,6-8H2,1,3H3. The van der Waals surface area contributed by atoms with Crippen LogP contribution in [0.4, 0.5) is 0 Å². The van der Waals surface area contributed by atoms with Crippen LogP contribution in [0.2, 0.25) is 0 Å². The maximum absolute atomic E-state index is 10.8. The van der Waals surface area contributed by atoms with E-state index < -0.39 is 18.2 Å². The monoisotopic (exact) mass is 246 g/mol. The number of esters is 1. The van der Waals surface area contributed by atoms with Gasteiger partial charge in [-0.05, 0) is 19.8 Å². The van der Waals surface area contributed by atoms with E-state index >= 15 is 0 Å². The Balaban J connectivity index is 3.94. The van der Waals surface area contributed by atoms with Crippen molar-refractivity contribution < 1.29 is 24.5 Å². The summed E-state index contributed by atoms with van der Waals surface area (Å²) >= 11 is 0. The lowest BCUT2D eigenvalue weighted by Gasteiger charge is -2.22. The first kappa shape index (κ1) is 16.1. The molecule has 2 N–H and O–H groups in total. The van der Waals surface area contributed by atoms with Crippen molar-refractivity contribution in [3.63, 3.8) is 0 Å². The first-order valence-electron chi connectivity index (χ1n) is 5.77. The van der Waals surface area contributed by atoms with Gasteiger partial charge in [0, 0.05) is 6.08 Å². The lowest BCUT2D eigenvalue weighted by atomic mass is 10.1. The molecule has 3 atom stereocenters. The molecule has 0 bridgehead atoms. The van der Waals surface area contributed by atoms with Gasteiger partial charge in [-0.1, -0.05) is 13.5 Å². The van der Waals surface area contributed by atoms with Crippen LogP contribution >= 0.6 is 0 Å². The maximum atomic E-state index is 10.8. The van der Waals surface area contributed by atoms with E-state index in [0.29, 0.717) is 12.8 Å². The van der Waals surface area contributed by atoms with Crippen LogP contribution in [0, 0.1) is 0 Å². The first-order chi connectivity index (χ1) is 8.03. The molecule has 0 radical (unpaired) electrons. The Kier molecular flexibility index (Phi) is 8.66. The Morgan fingerprint density at radius 2 is 2.18 bits per heavy atom. The number of ether oxygens (including phenoxy) is 2. The highest BCUT2D eigenvalue weighted by atomic mass is 16.6. The van der Waals surface area contributed by atoms with Gasteiger partial charge in [0.2, 0.25) is 0 Å². The van der Waals surface area contributed by atoms with Crippen molar-refractivity contribution in [3.05, 3.63) is 12.7 Å². The van der Waals surface area contributed by atoms with Gasteiger partial charge in [0.05, 0.1) is 18.8 Å². The smallest absolute Gasteiger partial charge is 0.330 e. The summed E-state index contributed by atoms with van der Waals surface area (Å²) in [5, 5.41) is 18.5. The number of carbonyl (C=O) groups excluding carboxylic acids is 1. The zero-order valence-corrected chi connectivity index (χ0v) is 10.5. The lowest BCUT2D eigenvalue weighted by Crippen LogP contribution is -2.30. The predicted octanol–water partition coefficient (Wildman–Crippen LogP) is 0.643. The molecule has 0 aromatic carbocycles. The van der Waals surface area contributed by atoms with Crippen molar-refractivity contribution >= 4 is 5.97 Å². The number of aliphatic hydroxyl groups excluding tert-OH is 2. The summed E-state index contributed by atoms with van der Waals surface area (Å²) in [7, 11) is 0. The second-order valence-corrected chi connectivity index (χ2v) is 3.88. The van der Waals surface area contributed by atoms with E-state index in [1.807, 2.05) is 6.92 Å². The largest absolute Gasteiger partial charge is 0.460 e. The van der Waals surface area contributed by atoms with E-state index in [4.69, 9.17) is 14.6 Å². The highest BCUT2D eigenvalue weighted by Gasteiger charge is 2.16. The van der Waals surface area contributed by atoms with Crippen LogP contribution in [0.15, 0.2) is 12.7 Å². The molecule has 3 unspecified atom stereocenters. The van der Waals surface area contributed by atoms with Gasteiger partial charge in [-0.25, -0.2) is 4.79 Å². The molecule has 0 aliphatic carbocycles. The molecule has 0 aliphatic heterocycles. The Labute approximate surface area is 102 Å². The zero-order valence-electron chi connectivity index (χ0n) is 10.5. The normalized spacial score (nSPS) is 16.0. The lowest BCUT2D eigenvalue weighted by molar-refractivity contribution is -0.145. The molecule has 0 aliphatic rings. The highest BCUT2D eigenvalue weighted by Crippen LogP contribution is 2.08. The summed E-state index contributed by atoms with van der Waals surface area (Å²) in [6.45, 7) is 6.69. The molecule has 0 rings (SSSR count). The predicted molar refractivity (Wildman–Crippen MR) is 63.5 cm³/mol. The molecular weight excluding hydrogens is 224 g/mol. The fraction of sp³-hybridized carbons (Fsp3) is 0.750. The van der Waals surface area contributed by atoms with Crippen LogP contribution in [0.3, 0.4) is 0 Å². The molecule has 5 heteroatoms. The molecular formula is C12H22O5. The summed E-state index contributed by atoms with van der Waals surface area (Å²) in [5.74, 6) is -0.548. The van der Waals surface area contributed by atoms with Crippen molar-refractivity contribution in [3.8, 4) is 0 Å². The molecule has 0 saturated heterocycles. The van der Waals surface area contributed by atoms with E-state index in [0.717, 1.165) is 6.08 Å². The van der Waals surface area contributed by atoms with Crippen molar-refractivity contribution in [2.45, 2.75) is 45.0 Å². The van der Waals surface area contributed by atoms with Crippen LogP contribution < -0.4 is 0 Å². The molecule has 0 heterocycles. The highest BCUT2D eigenvalue weighted by molar-refractivity contribution is 5.81. The van der Waals surface area contributed by atoms with Crippen LogP contribution in [0.5, 0.6) is 0 Å². The van der Waals surface area contributed by atoms with Crippen molar-refractivity contribution in [1.29, 1.82) is 0 Å². The minimum absolute atomic E-state index is 0.0199. The molecule has 0 spiro atoms. The third kappa shape index (κ3) is 7.90. The van der Waals surface area contributed by atoms with Crippen LogP contribution in [0.1, 0.15) is 26.7 Å². The minimum Gasteiger partial charge on any atom is -0.460 e. The zero-order chi connectivity index (χ0) is 13.3. The fourth-order valence-corrected chi connectivity index (χ4v) is 1.30. The van der Waals surface area contributed by atoms with E-state index in [-0.39, 0.29) is 19.3 Å². The van der Waals surface area contributed by atoms with Gasteiger partial charge in [-0.3, -0.25) is 0 Å². The van der Waals surface area contributed by atoms with Crippen molar-refractivity contribution in [2.24, 2.45) is 0 Å². The van der Waals surface area contributed by atoms with Crippen LogP contribution in [-0.2, 0) is 14.3 Å². The summed E-state index contributed by atoms with van der Waals surface area (Å²) in [4.78, 5) is 10.8. The topological polar surface area (TPSA) is 76.0 Å². The van der Waals surface area contributed by atoms with Gasteiger partial charge in [0.1, 0.15) is 12.7 Å². The second-order valence-electron chi connectivity index (χ2n) is 3.88. The molecule has 0 saturated carbocycles. The Bertz CT molecular complexity index is 229. The molecule has 17 heavy (non-hydrogen) atoms. The molecule has 0 aromatic rings. The van der Waals surface area contributed by atoms with Gasteiger partial charge < -0.3 is 19.7 Å². The number of hydrogen-bond donors (Lipinski definition) is 2. The number of rotatable bonds is 9. The number of hydrogen-bond acceptors (Lipinski definition) is 5. The van der Waals surface area contributed by atoms with E-state index in [2.05, 4.69) is 6.58 Å². The molecule has 100 valence electrons. The average Bonchev–Trinajstić information content (AvgIpc) is 2.33. The Morgan fingerprint density at radius 1 is 1.53 bits per heavy atom. The second kappa shape index (κ2) is 9.15. The summed E-state index contributed by atoms with van der Waals surface area (Å²) in [6, 6.07) is 0. The average molecular weight is 246 g/mol. The maximum Gasteiger partial charge on any atom is 0.330 e. The van der Waals surface area contributed by atoms with E-state index in [9.17, 15) is 9.90 Å². The first-order valence-corrected chi connectivity index (χ1v) is 5.77. The van der Waals surface area contributed by atoms with Gasteiger partial charge in [0.25, 0.3) is 0 Å². The van der Waals surface area contributed by atoms with Crippen molar-refractivity contribution in [1.82, 2.24) is 0 Å². The summed E-state index contributed by atoms with van der Waals surface area (Å²) in [6.07, 6.45) is 1.01. The van der Waals surface area contributed by atoms with Crippen LogP contribution in [-0.4, -0.2) is 47.7 Å². The van der Waals surface area contributed by atoms with E-state index in [1.165, 1.54) is 0 Å². The molecule has 0 aromatic heterocycles.